The van der Waals surface area contributed by atoms with Gasteiger partial charge in [-0.25, -0.2) is 0 Å². The molecule has 21 heavy (non-hydrogen) atoms. The fraction of sp³-hybridized carbons (Fsp3) is 0.100. The van der Waals surface area contributed by atoms with Gasteiger partial charge in [-0.05, 0) is 35.7 Å². The highest BCUT2D eigenvalue weighted by Gasteiger charge is 1.99. The van der Waals surface area contributed by atoms with Crippen LogP contribution in [0.15, 0.2) is 78.9 Å². The van der Waals surface area contributed by atoms with Gasteiger partial charge in [-0.3, -0.25) is 0 Å². The van der Waals surface area contributed by atoms with Crippen molar-refractivity contribution in [1.82, 2.24) is 0 Å². The Morgan fingerprint density at radius 1 is 0.667 bits per heavy atom. The van der Waals surface area contributed by atoms with Crippen LogP contribution in [0.3, 0.4) is 0 Å². The van der Waals surface area contributed by atoms with E-state index in [1.54, 1.807) is 0 Å². The van der Waals surface area contributed by atoms with Crippen molar-refractivity contribution in [1.29, 1.82) is 0 Å². The Hall–Kier alpha value is -2.54. The molecule has 0 heterocycles. The van der Waals surface area contributed by atoms with Crippen molar-refractivity contribution >= 4 is 0 Å². The maximum Gasteiger partial charge on any atom is 0.119 e. The molecule has 0 atom stereocenters. The number of rotatable bonds is 4. The first-order valence-electron chi connectivity index (χ1n) is 7.15. The molecule has 0 aromatic heterocycles. The van der Waals surface area contributed by atoms with Crippen LogP contribution in [-0.2, 0) is 6.61 Å². The normalized spacial score (nSPS) is 10.3. The van der Waals surface area contributed by atoms with Gasteiger partial charge < -0.3 is 4.74 Å². The summed E-state index contributed by atoms with van der Waals surface area (Å²) in [5.41, 5.74) is 4.90. The lowest BCUT2D eigenvalue weighted by Crippen LogP contribution is -1.94. The van der Waals surface area contributed by atoms with Crippen molar-refractivity contribution in [2.45, 2.75) is 13.5 Å². The van der Waals surface area contributed by atoms with Crippen LogP contribution in [0, 0.1) is 6.92 Å². The summed E-state index contributed by atoms with van der Waals surface area (Å²) in [7, 11) is 0. The molecule has 0 saturated carbocycles. The third-order valence-corrected chi connectivity index (χ3v) is 3.49. The van der Waals surface area contributed by atoms with Gasteiger partial charge in [-0.1, -0.05) is 72.3 Å². The zero-order valence-electron chi connectivity index (χ0n) is 12.1. The highest BCUT2D eigenvalue weighted by atomic mass is 16.5. The third-order valence-electron chi connectivity index (χ3n) is 3.49. The van der Waals surface area contributed by atoms with Crippen LogP contribution in [0.4, 0.5) is 0 Å². The lowest BCUT2D eigenvalue weighted by Gasteiger charge is -2.08. The highest BCUT2D eigenvalue weighted by molar-refractivity contribution is 5.64. The molecule has 0 spiro atoms. The predicted octanol–water partition coefficient (Wildman–Crippen LogP) is 5.24. The molecule has 0 saturated heterocycles. The minimum Gasteiger partial charge on any atom is -0.489 e. The second kappa shape index (κ2) is 6.27. The van der Waals surface area contributed by atoms with Gasteiger partial charge in [0.25, 0.3) is 0 Å². The topological polar surface area (TPSA) is 9.23 Å². The first-order valence-corrected chi connectivity index (χ1v) is 7.15. The van der Waals surface area contributed by atoms with Crippen LogP contribution in [0.5, 0.6) is 5.75 Å². The fourth-order valence-corrected chi connectivity index (χ4v) is 2.23. The lowest BCUT2D eigenvalue weighted by atomic mass is 10.0. The van der Waals surface area contributed by atoms with Gasteiger partial charge in [0.1, 0.15) is 12.4 Å². The van der Waals surface area contributed by atoms with Crippen LogP contribution >= 0.6 is 0 Å². The van der Waals surface area contributed by atoms with Gasteiger partial charge in [0.05, 0.1) is 0 Å². The second-order valence-electron chi connectivity index (χ2n) is 5.16. The van der Waals surface area contributed by atoms with E-state index >= 15 is 0 Å². The average Bonchev–Trinajstić information content (AvgIpc) is 2.55. The molecule has 3 rings (SSSR count). The molecule has 0 N–H and O–H groups in total. The van der Waals surface area contributed by atoms with Crippen molar-refractivity contribution in [2.75, 3.05) is 0 Å². The molecule has 0 radical (unpaired) electrons. The van der Waals surface area contributed by atoms with E-state index in [0.29, 0.717) is 6.61 Å². The first kappa shape index (κ1) is 13.4. The molecule has 0 bridgehead atoms. The molecule has 0 amide bonds. The van der Waals surface area contributed by atoms with E-state index in [1.807, 2.05) is 30.3 Å². The Kier molecular flexibility index (Phi) is 4.02. The molecular weight excluding hydrogens is 256 g/mol. The molecule has 0 unspecified atom stereocenters. The summed E-state index contributed by atoms with van der Waals surface area (Å²) in [4.78, 5) is 0. The molecule has 1 nitrogen and oxygen atoms in total. The maximum absolute atomic E-state index is 5.80. The van der Waals surface area contributed by atoms with Crippen LogP contribution in [0.2, 0.25) is 0 Å². The van der Waals surface area contributed by atoms with Gasteiger partial charge in [-0.15, -0.1) is 0 Å². The zero-order valence-corrected chi connectivity index (χ0v) is 12.1. The standard InChI is InChI=1S/C20H18O/c1-16-7-9-18(10-8-16)19-11-13-20(14-12-19)21-15-17-5-3-2-4-6-17/h2-14H,15H2,1H3. The van der Waals surface area contributed by atoms with Crippen LogP contribution in [0.25, 0.3) is 11.1 Å². The van der Waals surface area contributed by atoms with Crippen molar-refractivity contribution in [3.63, 3.8) is 0 Å². The molecular formula is C20H18O. The molecule has 0 fully saturated rings. The molecule has 3 aromatic rings. The minimum atomic E-state index is 0.602. The second-order valence-corrected chi connectivity index (χ2v) is 5.16. The summed E-state index contributed by atoms with van der Waals surface area (Å²) in [6.07, 6.45) is 0. The van der Waals surface area contributed by atoms with E-state index in [-0.39, 0.29) is 0 Å². The van der Waals surface area contributed by atoms with Crippen LogP contribution < -0.4 is 4.74 Å². The number of aryl methyl sites for hydroxylation is 1. The number of hydrogen-bond acceptors (Lipinski definition) is 1. The number of hydrogen-bond donors (Lipinski definition) is 0. The number of benzene rings is 3. The van der Waals surface area contributed by atoms with Crippen LogP contribution in [0.1, 0.15) is 11.1 Å². The van der Waals surface area contributed by atoms with E-state index in [4.69, 9.17) is 4.74 Å². The smallest absolute Gasteiger partial charge is 0.119 e. The molecule has 0 aliphatic carbocycles. The molecule has 3 aromatic carbocycles. The van der Waals surface area contributed by atoms with E-state index in [1.165, 1.54) is 22.3 Å². The van der Waals surface area contributed by atoms with Gasteiger partial charge >= 0.3 is 0 Å². The Balaban J connectivity index is 1.68. The summed E-state index contributed by atoms with van der Waals surface area (Å²) >= 11 is 0. The molecule has 0 aliphatic rings. The predicted molar refractivity (Wildman–Crippen MR) is 87.4 cm³/mol. The van der Waals surface area contributed by atoms with Gasteiger partial charge in [-0.2, -0.15) is 0 Å². The fourth-order valence-electron chi connectivity index (χ4n) is 2.23. The summed E-state index contributed by atoms with van der Waals surface area (Å²) in [5, 5.41) is 0. The van der Waals surface area contributed by atoms with Crippen LogP contribution in [-0.4, -0.2) is 0 Å². The highest BCUT2D eigenvalue weighted by Crippen LogP contribution is 2.23. The summed E-state index contributed by atoms with van der Waals surface area (Å²) in [5.74, 6) is 0.898. The summed E-state index contributed by atoms with van der Waals surface area (Å²) in [6, 6.07) is 27.0. The Morgan fingerprint density at radius 3 is 1.86 bits per heavy atom. The third kappa shape index (κ3) is 3.51. The maximum atomic E-state index is 5.80. The van der Waals surface area contributed by atoms with E-state index in [9.17, 15) is 0 Å². The number of ether oxygens (including phenoxy) is 1. The Morgan fingerprint density at radius 2 is 1.24 bits per heavy atom. The van der Waals surface area contributed by atoms with Crippen molar-refractivity contribution in [3.8, 4) is 16.9 Å². The SMILES string of the molecule is Cc1ccc(-c2ccc(OCc3ccccc3)cc2)cc1. The van der Waals surface area contributed by atoms with E-state index in [2.05, 4.69) is 55.5 Å². The molecule has 0 aliphatic heterocycles. The van der Waals surface area contributed by atoms with Crippen molar-refractivity contribution in [3.05, 3.63) is 90.0 Å². The van der Waals surface area contributed by atoms with E-state index < -0.39 is 0 Å². The minimum absolute atomic E-state index is 0.602. The Bertz CT molecular complexity index is 682. The average molecular weight is 274 g/mol. The first-order chi connectivity index (χ1) is 10.3. The summed E-state index contributed by atoms with van der Waals surface area (Å²) < 4.78 is 5.80. The summed E-state index contributed by atoms with van der Waals surface area (Å²) in [6.45, 7) is 2.70. The quantitative estimate of drug-likeness (QED) is 0.632. The van der Waals surface area contributed by atoms with E-state index in [0.717, 1.165) is 5.75 Å². The lowest BCUT2D eigenvalue weighted by molar-refractivity contribution is 0.306. The van der Waals surface area contributed by atoms with Crippen molar-refractivity contribution < 1.29 is 4.74 Å². The van der Waals surface area contributed by atoms with Gasteiger partial charge in [0, 0.05) is 0 Å². The Labute approximate surface area is 125 Å². The van der Waals surface area contributed by atoms with Gasteiger partial charge in [0.15, 0.2) is 0 Å². The van der Waals surface area contributed by atoms with Crippen molar-refractivity contribution in [2.24, 2.45) is 0 Å². The molecule has 104 valence electrons. The molecule has 1 heteroatoms. The largest absolute Gasteiger partial charge is 0.489 e. The monoisotopic (exact) mass is 274 g/mol. The van der Waals surface area contributed by atoms with Gasteiger partial charge in [0.2, 0.25) is 0 Å². The zero-order chi connectivity index (χ0) is 14.5.